The summed E-state index contributed by atoms with van der Waals surface area (Å²) in [7, 11) is 0. The molecule has 5 nitrogen and oxygen atoms in total. The predicted octanol–water partition coefficient (Wildman–Crippen LogP) is 7.97. The minimum Gasteiger partial charge on any atom is -0.438 e. The van der Waals surface area contributed by atoms with Crippen molar-refractivity contribution < 1.29 is 4.42 Å². The maximum absolute atomic E-state index is 6.32. The molecule has 36 heavy (non-hydrogen) atoms. The van der Waals surface area contributed by atoms with Crippen molar-refractivity contribution in [3.63, 3.8) is 0 Å². The maximum Gasteiger partial charge on any atom is 0.231 e. The highest BCUT2D eigenvalue weighted by Crippen LogP contribution is 2.38. The van der Waals surface area contributed by atoms with Gasteiger partial charge in [-0.1, -0.05) is 84.4 Å². The third-order valence-electron chi connectivity index (χ3n) is 6.31. The lowest BCUT2D eigenvalue weighted by molar-refractivity contribution is 0.653. The summed E-state index contributed by atoms with van der Waals surface area (Å²) in [5.74, 6) is 0.428. The van der Waals surface area contributed by atoms with Gasteiger partial charge in [-0.05, 0) is 40.1 Å². The highest BCUT2D eigenvalue weighted by molar-refractivity contribution is 6.29. The minimum atomic E-state index is 0.312. The van der Waals surface area contributed by atoms with Gasteiger partial charge in [0.05, 0.1) is 23.5 Å². The summed E-state index contributed by atoms with van der Waals surface area (Å²) >= 11 is 5.96. The fourth-order valence-electron chi connectivity index (χ4n) is 4.57. The second kappa shape index (κ2) is 8.26. The van der Waals surface area contributed by atoms with Gasteiger partial charge < -0.3 is 4.42 Å². The van der Waals surface area contributed by atoms with Gasteiger partial charge in [-0.15, -0.1) is 0 Å². The Morgan fingerprint density at radius 1 is 0.639 bits per heavy atom. The molecule has 0 amide bonds. The van der Waals surface area contributed by atoms with E-state index in [1.807, 2.05) is 30.3 Å². The molecular weight excluding hydrogens is 468 g/mol. The molecule has 0 spiro atoms. The van der Waals surface area contributed by atoms with Gasteiger partial charge in [0.1, 0.15) is 16.4 Å². The number of fused-ring (bicyclic) bond motifs is 4. The van der Waals surface area contributed by atoms with E-state index in [9.17, 15) is 0 Å². The van der Waals surface area contributed by atoms with Crippen molar-refractivity contribution >= 4 is 44.4 Å². The molecule has 0 saturated carbocycles. The first-order chi connectivity index (χ1) is 17.7. The van der Waals surface area contributed by atoms with Gasteiger partial charge >= 0.3 is 0 Å². The number of halogens is 1. The molecule has 0 fully saturated rings. The van der Waals surface area contributed by atoms with Crippen LogP contribution in [0.5, 0.6) is 0 Å². The van der Waals surface area contributed by atoms with Crippen molar-refractivity contribution in [3.05, 3.63) is 109 Å². The predicted molar refractivity (Wildman–Crippen MR) is 144 cm³/mol. The topological polar surface area (TPSA) is 64.7 Å². The van der Waals surface area contributed by atoms with Crippen molar-refractivity contribution in [3.8, 4) is 33.9 Å². The van der Waals surface area contributed by atoms with Crippen LogP contribution < -0.4 is 0 Å². The highest BCUT2D eigenvalue weighted by Gasteiger charge is 2.19. The fraction of sp³-hybridized carbons (Fsp3) is 0. The standard InChI is InChI=1S/C30H17ClN4O/c31-26-17-32-24(16-33-26)29-34-28(22-11-10-19-8-4-5-9-20(19)14-22)27-23-13-12-21(18-6-2-1-3-7-18)15-25(23)36-30(27)35-29/h1-17H. The maximum atomic E-state index is 6.32. The van der Waals surface area contributed by atoms with E-state index in [1.165, 1.54) is 11.6 Å². The zero-order valence-corrected chi connectivity index (χ0v) is 19.6. The monoisotopic (exact) mass is 484 g/mol. The van der Waals surface area contributed by atoms with Crippen LogP contribution in [0.4, 0.5) is 0 Å². The van der Waals surface area contributed by atoms with E-state index in [4.69, 9.17) is 26.0 Å². The fourth-order valence-corrected chi connectivity index (χ4v) is 4.67. The van der Waals surface area contributed by atoms with E-state index in [-0.39, 0.29) is 0 Å². The van der Waals surface area contributed by atoms with Crippen LogP contribution in [0.1, 0.15) is 0 Å². The first-order valence-corrected chi connectivity index (χ1v) is 11.9. The van der Waals surface area contributed by atoms with Crippen molar-refractivity contribution in [1.82, 2.24) is 19.9 Å². The Balaban J connectivity index is 1.51. The van der Waals surface area contributed by atoms with Crippen molar-refractivity contribution in [1.29, 1.82) is 0 Å². The van der Waals surface area contributed by atoms with Gasteiger partial charge in [0.25, 0.3) is 0 Å². The second-order valence-electron chi connectivity index (χ2n) is 8.54. The van der Waals surface area contributed by atoms with Crippen molar-refractivity contribution in [2.45, 2.75) is 0 Å². The van der Waals surface area contributed by atoms with Crippen LogP contribution in [0.25, 0.3) is 66.7 Å². The average molecular weight is 485 g/mol. The number of benzene rings is 4. The van der Waals surface area contributed by atoms with E-state index in [0.29, 0.717) is 22.4 Å². The number of hydrogen-bond donors (Lipinski definition) is 0. The number of nitrogens with zero attached hydrogens (tertiary/aromatic N) is 4. The lowest BCUT2D eigenvalue weighted by Gasteiger charge is -2.07. The molecule has 0 bridgehead atoms. The van der Waals surface area contributed by atoms with E-state index < -0.39 is 0 Å². The zero-order valence-electron chi connectivity index (χ0n) is 18.9. The summed E-state index contributed by atoms with van der Waals surface area (Å²) in [5.41, 5.74) is 5.72. The molecule has 170 valence electrons. The molecule has 0 saturated heterocycles. The molecule has 7 rings (SSSR count). The van der Waals surface area contributed by atoms with E-state index in [1.54, 1.807) is 6.20 Å². The number of aromatic nitrogens is 4. The van der Waals surface area contributed by atoms with Crippen molar-refractivity contribution in [2.75, 3.05) is 0 Å². The van der Waals surface area contributed by atoms with Gasteiger partial charge in [-0.3, -0.25) is 0 Å². The van der Waals surface area contributed by atoms with E-state index >= 15 is 0 Å². The molecule has 0 atom stereocenters. The lowest BCUT2D eigenvalue weighted by Crippen LogP contribution is -1.96. The number of rotatable bonds is 3. The Labute approximate surface area is 211 Å². The quantitative estimate of drug-likeness (QED) is 0.254. The first-order valence-electron chi connectivity index (χ1n) is 11.5. The Kier molecular flexibility index (Phi) is 4.76. The number of furan rings is 1. The molecule has 0 aliphatic carbocycles. The summed E-state index contributed by atoms with van der Waals surface area (Å²) in [6, 6.07) is 31.1. The van der Waals surface area contributed by atoms with E-state index in [0.717, 1.165) is 44.1 Å². The molecule has 0 aliphatic rings. The third kappa shape index (κ3) is 3.49. The van der Waals surface area contributed by atoms with Crippen LogP contribution in [-0.2, 0) is 0 Å². The summed E-state index contributed by atoms with van der Waals surface area (Å²) in [6.07, 6.45) is 3.06. The minimum absolute atomic E-state index is 0.312. The molecule has 0 unspecified atom stereocenters. The molecule has 4 aromatic carbocycles. The molecule has 3 aromatic heterocycles. The van der Waals surface area contributed by atoms with Gasteiger partial charge in [-0.2, -0.15) is 4.98 Å². The van der Waals surface area contributed by atoms with Crippen LogP contribution in [-0.4, -0.2) is 19.9 Å². The number of hydrogen-bond acceptors (Lipinski definition) is 5. The summed E-state index contributed by atoms with van der Waals surface area (Å²) in [4.78, 5) is 18.2. The Morgan fingerprint density at radius 3 is 2.28 bits per heavy atom. The molecule has 0 N–H and O–H groups in total. The van der Waals surface area contributed by atoms with Crippen LogP contribution in [0.3, 0.4) is 0 Å². The largest absolute Gasteiger partial charge is 0.438 e. The SMILES string of the molecule is Clc1cnc(-c2nc(-c3ccc4ccccc4c3)c3c(n2)oc2cc(-c4ccccc4)ccc23)cn1. The van der Waals surface area contributed by atoms with Crippen LogP contribution in [0.15, 0.2) is 108 Å². The van der Waals surface area contributed by atoms with Gasteiger partial charge in [0.15, 0.2) is 5.82 Å². The Morgan fingerprint density at radius 2 is 1.44 bits per heavy atom. The normalized spacial score (nSPS) is 11.5. The first kappa shape index (κ1) is 20.7. The van der Waals surface area contributed by atoms with Gasteiger partial charge in [0, 0.05) is 10.9 Å². The molecule has 7 aromatic rings. The Bertz CT molecular complexity index is 1900. The summed E-state index contributed by atoms with van der Waals surface area (Å²) in [6.45, 7) is 0. The lowest BCUT2D eigenvalue weighted by atomic mass is 10.0. The zero-order chi connectivity index (χ0) is 24.1. The van der Waals surface area contributed by atoms with Crippen LogP contribution in [0, 0.1) is 0 Å². The van der Waals surface area contributed by atoms with Crippen molar-refractivity contribution in [2.24, 2.45) is 0 Å². The second-order valence-corrected chi connectivity index (χ2v) is 8.93. The average Bonchev–Trinajstić information content (AvgIpc) is 3.31. The summed E-state index contributed by atoms with van der Waals surface area (Å²) < 4.78 is 6.32. The van der Waals surface area contributed by atoms with Gasteiger partial charge in [-0.25, -0.2) is 15.0 Å². The molecule has 0 radical (unpaired) electrons. The molecule has 0 aliphatic heterocycles. The third-order valence-corrected chi connectivity index (χ3v) is 6.51. The molecular formula is C30H17ClN4O. The van der Waals surface area contributed by atoms with Crippen LogP contribution in [0.2, 0.25) is 5.15 Å². The van der Waals surface area contributed by atoms with Crippen LogP contribution >= 0.6 is 11.6 Å². The van der Waals surface area contributed by atoms with E-state index in [2.05, 4.69) is 70.6 Å². The summed E-state index contributed by atoms with van der Waals surface area (Å²) in [5, 5.41) is 4.44. The molecule has 6 heteroatoms. The highest BCUT2D eigenvalue weighted by atomic mass is 35.5. The smallest absolute Gasteiger partial charge is 0.231 e. The Hall–Kier alpha value is -4.61. The molecule has 3 heterocycles. The van der Waals surface area contributed by atoms with Gasteiger partial charge in [0.2, 0.25) is 5.71 Å².